The summed E-state index contributed by atoms with van der Waals surface area (Å²) in [4.78, 5) is 22.8. The first-order valence-corrected chi connectivity index (χ1v) is 5.96. The zero-order valence-corrected chi connectivity index (χ0v) is 10.7. The monoisotopic (exact) mass is 261 g/mol. The number of nitrogens with one attached hydrogen (secondary N) is 2. The molecule has 0 fully saturated rings. The summed E-state index contributed by atoms with van der Waals surface area (Å²) in [6.45, 7) is 3.12. The van der Waals surface area contributed by atoms with Gasteiger partial charge in [0.25, 0.3) is 0 Å². The number of aromatic amines is 1. The Hall–Kier alpha value is -2.37. The summed E-state index contributed by atoms with van der Waals surface area (Å²) in [7, 11) is 0. The summed E-state index contributed by atoms with van der Waals surface area (Å²) in [5, 5.41) is 19.2. The van der Waals surface area contributed by atoms with Gasteiger partial charge in [0.1, 0.15) is 0 Å². The summed E-state index contributed by atoms with van der Waals surface area (Å²) in [6.07, 6.45) is 1.69. The molecule has 0 radical (unpaired) electrons. The van der Waals surface area contributed by atoms with Crippen LogP contribution < -0.4 is 5.32 Å². The van der Waals surface area contributed by atoms with Crippen molar-refractivity contribution < 1.29 is 14.7 Å². The van der Waals surface area contributed by atoms with Gasteiger partial charge in [0.05, 0.1) is 17.6 Å². The minimum atomic E-state index is -0.980. The number of amides is 1. The lowest BCUT2D eigenvalue weighted by atomic mass is 9.95. The van der Waals surface area contributed by atoms with Gasteiger partial charge in [-0.15, -0.1) is 0 Å². The number of hydrogen-bond acceptors (Lipinski definition) is 3. The highest BCUT2D eigenvalue weighted by Gasteiger charge is 2.25. The van der Waals surface area contributed by atoms with Gasteiger partial charge < -0.3 is 10.4 Å². The highest BCUT2D eigenvalue weighted by atomic mass is 16.4. The van der Waals surface area contributed by atoms with E-state index in [4.69, 9.17) is 5.11 Å². The number of carbonyl (C=O) groups excluding carboxylic acids is 1. The van der Waals surface area contributed by atoms with Gasteiger partial charge in [0, 0.05) is 17.0 Å². The number of rotatable bonds is 4. The predicted molar refractivity (Wildman–Crippen MR) is 70.7 cm³/mol. The Kier molecular flexibility index (Phi) is 3.50. The van der Waals surface area contributed by atoms with Gasteiger partial charge in [-0.05, 0) is 18.2 Å². The van der Waals surface area contributed by atoms with Crippen LogP contribution in [0.4, 0.5) is 5.69 Å². The minimum Gasteiger partial charge on any atom is -0.481 e. The Morgan fingerprint density at radius 1 is 1.32 bits per heavy atom. The summed E-state index contributed by atoms with van der Waals surface area (Å²) in [6, 6.07) is 5.35. The van der Waals surface area contributed by atoms with E-state index < -0.39 is 17.8 Å². The molecule has 0 aliphatic carbocycles. The number of aliphatic carboxylic acids is 1. The number of nitrogens with zero attached hydrogens (tertiary/aromatic N) is 1. The molecule has 1 aromatic heterocycles. The molecule has 0 bridgehead atoms. The van der Waals surface area contributed by atoms with Gasteiger partial charge in [-0.3, -0.25) is 14.7 Å². The number of carbonyl (C=O) groups is 2. The third-order valence-corrected chi connectivity index (χ3v) is 3.26. The number of carboxylic acid groups (broad SMARTS) is 1. The second-order valence-electron chi connectivity index (χ2n) is 4.58. The zero-order chi connectivity index (χ0) is 14.0. The van der Waals surface area contributed by atoms with Gasteiger partial charge in [0.2, 0.25) is 5.91 Å². The van der Waals surface area contributed by atoms with Crippen LogP contribution in [-0.2, 0) is 9.59 Å². The average Bonchev–Trinajstić information content (AvgIpc) is 2.84. The minimum absolute atomic E-state index is 0.311. The van der Waals surface area contributed by atoms with Crippen molar-refractivity contribution >= 4 is 28.5 Å². The number of hydrogen-bond donors (Lipinski definition) is 3. The molecular weight excluding hydrogens is 246 g/mol. The molecule has 2 aromatic rings. The Bertz CT molecular complexity index is 620. The largest absolute Gasteiger partial charge is 0.481 e. The quantitative estimate of drug-likeness (QED) is 0.782. The van der Waals surface area contributed by atoms with Gasteiger partial charge >= 0.3 is 5.97 Å². The van der Waals surface area contributed by atoms with Crippen LogP contribution in [0.3, 0.4) is 0 Å². The van der Waals surface area contributed by atoms with Gasteiger partial charge in [-0.2, -0.15) is 5.10 Å². The summed E-state index contributed by atoms with van der Waals surface area (Å²) in [5.74, 6) is -2.62. The third-order valence-electron chi connectivity index (χ3n) is 3.26. The van der Waals surface area contributed by atoms with E-state index >= 15 is 0 Å². The number of anilines is 1. The van der Waals surface area contributed by atoms with Crippen LogP contribution in [0.5, 0.6) is 0 Å². The lowest BCUT2D eigenvalue weighted by molar-refractivity contribution is -0.145. The van der Waals surface area contributed by atoms with Crippen molar-refractivity contribution in [1.82, 2.24) is 10.2 Å². The fourth-order valence-corrected chi connectivity index (χ4v) is 1.71. The normalized spacial score (nSPS) is 14.0. The maximum atomic E-state index is 11.9. The van der Waals surface area contributed by atoms with Crippen molar-refractivity contribution in [3.8, 4) is 0 Å². The van der Waals surface area contributed by atoms with Gasteiger partial charge in [-0.1, -0.05) is 13.8 Å². The van der Waals surface area contributed by atoms with Crippen molar-refractivity contribution in [3.05, 3.63) is 24.4 Å². The topological polar surface area (TPSA) is 95.1 Å². The lowest BCUT2D eigenvalue weighted by Gasteiger charge is -2.15. The molecule has 100 valence electrons. The van der Waals surface area contributed by atoms with E-state index in [-0.39, 0.29) is 5.91 Å². The number of benzene rings is 1. The molecular formula is C13H15N3O3. The molecule has 1 amide bonds. The Morgan fingerprint density at radius 3 is 2.74 bits per heavy atom. The average molecular weight is 261 g/mol. The van der Waals surface area contributed by atoms with Crippen molar-refractivity contribution in [1.29, 1.82) is 0 Å². The molecule has 3 N–H and O–H groups in total. The molecule has 6 heteroatoms. The second kappa shape index (κ2) is 5.09. The molecule has 2 unspecified atom stereocenters. The molecule has 1 aromatic carbocycles. The fourth-order valence-electron chi connectivity index (χ4n) is 1.71. The van der Waals surface area contributed by atoms with E-state index in [9.17, 15) is 9.59 Å². The first kappa shape index (κ1) is 13.1. The number of carboxylic acids is 1. The molecule has 1 heterocycles. The fraction of sp³-hybridized carbons (Fsp3) is 0.308. The molecule has 2 atom stereocenters. The molecule has 19 heavy (non-hydrogen) atoms. The van der Waals surface area contributed by atoms with Crippen molar-refractivity contribution in [2.24, 2.45) is 11.8 Å². The predicted octanol–water partition coefficient (Wildman–Crippen LogP) is 1.86. The third kappa shape index (κ3) is 2.73. The smallest absolute Gasteiger partial charge is 0.307 e. The van der Waals surface area contributed by atoms with Crippen LogP contribution in [0.25, 0.3) is 10.9 Å². The highest BCUT2D eigenvalue weighted by molar-refractivity contribution is 5.96. The molecule has 0 saturated carbocycles. The molecule has 0 saturated heterocycles. The molecule has 0 aliphatic rings. The maximum absolute atomic E-state index is 11.9. The van der Waals surface area contributed by atoms with Gasteiger partial charge in [0.15, 0.2) is 0 Å². The molecule has 2 rings (SSSR count). The molecule has 6 nitrogen and oxygen atoms in total. The standard InChI is InChI=1S/C13H15N3O3/c1-7(8(2)13(18)19)12(17)15-10-4-3-9-6-14-16-11(9)5-10/h3-8H,1-2H3,(H,14,16)(H,15,17)(H,18,19). The van der Waals surface area contributed by atoms with Crippen LogP contribution >= 0.6 is 0 Å². The first-order chi connectivity index (χ1) is 8.99. The van der Waals surface area contributed by atoms with E-state index in [1.165, 1.54) is 6.92 Å². The Balaban J connectivity index is 2.11. The van der Waals surface area contributed by atoms with E-state index in [1.54, 1.807) is 25.3 Å². The van der Waals surface area contributed by atoms with Crippen LogP contribution in [0, 0.1) is 11.8 Å². The highest BCUT2D eigenvalue weighted by Crippen LogP contribution is 2.19. The van der Waals surface area contributed by atoms with E-state index in [0.29, 0.717) is 5.69 Å². The Morgan fingerprint density at radius 2 is 2.05 bits per heavy atom. The van der Waals surface area contributed by atoms with Crippen LogP contribution in [0.1, 0.15) is 13.8 Å². The second-order valence-corrected chi connectivity index (χ2v) is 4.58. The van der Waals surface area contributed by atoms with E-state index in [0.717, 1.165) is 10.9 Å². The number of fused-ring (bicyclic) bond motifs is 1. The maximum Gasteiger partial charge on any atom is 0.307 e. The summed E-state index contributed by atoms with van der Waals surface area (Å²) >= 11 is 0. The molecule has 0 aliphatic heterocycles. The summed E-state index contributed by atoms with van der Waals surface area (Å²) < 4.78 is 0. The SMILES string of the molecule is CC(C(=O)O)C(C)C(=O)Nc1ccc2cn[nH]c2c1. The Labute approximate surface area is 109 Å². The summed E-state index contributed by atoms with van der Waals surface area (Å²) in [5.41, 5.74) is 1.43. The van der Waals surface area contributed by atoms with E-state index in [1.807, 2.05) is 6.07 Å². The lowest BCUT2D eigenvalue weighted by Crippen LogP contribution is -2.29. The molecule has 0 spiro atoms. The van der Waals surface area contributed by atoms with Crippen LogP contribution in [0.15, 0.2) is 24.4 Å². The zero-order valence-electron chi connectivity index (χ0n) is 10.7. The van der Waals surface area contributed by atoms with Crippen molar-refractivity contribution in [2.75, 3.05) is 5.32 Å². The van der Waals surface area contributed by atoms with Crippen LogP contribution in [0.2, 0.25) is 0 Å². The number of H-pyrrole nitrogens is 1. The van der Waals surface area contributed by atoms with Gasteiger partial charge in [-0.25, -0.2) is 0 Å². The van der Waals surface area contributed by atoms with Crippen molar-refractivity contribution in [3.63, 3.8) is 0 Å². The number of aromatic nitrogens is 2. The van der Waals surface area contributed by atoms with Crippen LogP contribution in [-0.4, -0.2) is 27.2 Å². The van der Waals surface area contributed by atoms with Crippen molar-refractivity contribution in [2.45, 2.75) is 13.8 Å². The first-order valence-electron chi connectivity index (χ1n) is 5.96. The van der Waals surface area contributed by atoms with E-state index in [2.05, 4.69) is 15.5 Å².